The maximum atomic E-state index is 9.77. The van der Waals surface area contributed by atoms with Crippen molar-refractivity contribution in [1.29, 1.82) is 0 Å². The van der Waals surface area contributed by atoms with E-state index in [-0.39, 0.29) is 0 Å². The van der Waals surface area contributed by atoms with Crippen molar-refractivity contribution in [2.75, 3.05) is 26.2 Å². The molecule has 1 saturated heterocycles. The topological polar surface area (TPSA) is 130 Å². The molecule has 0 aromatic heterocycles. The molecule has 2 aromatic carbocycles. The highest BCUT2D eigenvalue weighted by Crippen LogP contribution is 2.29. The molecular weight excluding hydrogens is 412 g/mol. The van der Waals surface area contributed by atoms with Crippen LogP contribution in [0.1, 0.15) is 17.2 Å². The average Bonchev–Trinajstić information content (AvgIpc) is 2.76. The van der Waals surface area contributed by atoms with Gasteiger partial charge in [-0.15, -0.1) is 0 Å². The summed E-state index contributed by atoms with van der Waals surface area (Å²) in [5.41, 5.74) is 2.65. The van der Waals surface area contributed by atoms with Gasteiger partial charge in [0, 0.05) is 31.2 Å². The van der Waals surface area contributed by atoms with Gasteiger partial charge in [0.1, 0.15) is 0 Å². The van der Waals surface area contributed by atoms with Gasteiger partial charge in [-0.1, -0.05) is 54.1 Å². The lowest BCUT2D eigenvalue weighted by atomic mass is 9.96. The van der Waals surface area contributed by atoms with Crippen LogP contribution in [0.4, 0.5) is 0 Å². The lowest BCUT2D eigenvalue weighted by Crippen LogP contribution is -2.45. The Labute approximate surface area is 179 Å². The Hall–Kier alpha value is -2.49. The van der Waals surface area contributed by atoms with Crippen LogP contribution in [0.25, 0.3) is 0 Å². The largest absolute Gasteiger partial charge is 0.479 e. The number of halogens is 1. The molecule has 5 N–H and O–H groups in total. The zero-order valence-electron chi connectivity index (χ0n) is 16.2. The summed E-state index contributed by atoms with van der Waals surface area (Å²) in [6.45, 7) is 4.25. The van der Waals surface area contributed by atoms with Crippen molar-refractivity contribution in [2.45, 2.75) is 18.2 Å². The quantitative estimate of drug-likeness (QED) is 0.457. The molecule has 162 valence electrons. The summed E-state index contributed by atoms with van der Waals surface area (Å²) in [4.78, 5) is 22.1. The first-order chi connectivity index (χ1) is 14.3. The Bertz CT molecular complexity index is 794. The number of carboxylic acids is 2. The molecule has 8 nitrogen and oxygen atoms in total. The van der Waals surface area contributed by atoms with E-state index >= 15 is 0 Å². The molecule has 0 spiro atoms. The lowest BCUT2D eigenvalue weighted by molar-refractivity contribution is -0.165. The number of carboxylic acid groups (broad SMARTS) is 2. The molecule has 30 heavy (non-hydrogen) atoms. The molecule has 0 bridgehead atoms. The normalized spacial score (nSPS) is 17.2. The summed E-state index contributed by atoms with van der Waals surface area (Å²) in [5.74, 6) is -3.54. The molecule has 0 aliphatic carbocycles. The second-order valence-electron chi connectivity index (χ2n) is 6.72. The van der Waals surface area contributed by atoms with Crippen LogP contribution in [0.5, 0.6) is 0 Å². The first-order valence-corrected chi connectivity index (χ1v) is 9.76. The van der Waals surface area contributed by atoms with E-state index in [0.717, 1.165) is 31.2 Å². The first kappa shape index (κ1) is 23.8. The number of aliphatic hydroxyl groups excluding tert-OH is 2. The zero-order valence-corrected chi connectivity index (χ0v) is 16.9. The van der Waals surface area contributed by atoms with E-state index in [4.69, 9.17) is 32.0 Å². The Morgan fingerprint density at radius 3 is 1.77 bits per heavy atom. The molecule has 3 unspecified atom stereocenters. The Kier molecular flexibility index (Phi) is 9.22. The SMILES string of the molecule is Clc1ccc(C(c2ccccc2)N2CCNCC2)cc1.O=C(O)C(O)C(O)C(=O)O. The fourth-order valence-corrected chi connectivity index (χ4v) is 3.23. The van der Waals surface area contributed by atoms with Crippen LogP contribution in [0, 0.1) is 0 Å². The van der Waals surface area contributed by atoms with E-state index in [0.29, 0.717) is 6.04 Å². The van der Waals surface area contributed by atoms with Crippen LogP contribution in [-0.4, -0.2) is 75.7 Å². The predicted molar refractivity (Wildman–Crippen MR) is 111 cm³/mol. The highest BCUT2D eigenvalue weighted by Gasteiger charge is 2.29. The Morgan fingerprint density at radius 1 is 0.833 bits per heavy atom. The molecule has 1 aliphatic heterocycles. The molecule has 0 saturated carbocycles. The number of piperazine rings is 1. The predicted octanol–water partition coefficient (Wildman–Crippen LogP) is 1.21. The number of aliphatic carboxylic acids is 2. The molecule has 3 rings (SSSR count). The maximum Gasteiger partial charge on any atom is 0.335 e. The molecule has 1 heterocycles. The minimum absolute atomic E-state index is 0.315. The minimum Gasteiger partial charge on any atom is -0.479 e. The molecule has 0 radical (unpaired) electrons. The summed E-state index contributed by atoms with van der Waals surface area (Å²) >= 11 is 6.02. The molecule has 1 aliphatic rings. The molecule has 0 amide bonds. The van der Waals surface area contributed by atoms with Crippen LogP contribution in [0.2, 0.25) is 5.02 Å². The Balaban J connectivity index is 0.000000274. The third-order valence-electron chi connectivity index (χ3n) is 4.62. The van der Waals surface area contributed by atoms with Crippen molar-refractivity contribution in [3.63, 3.8) is 0 Å². The molecule has 9 heteroatoms. The van der Waals surface area contributed by atoms with Crippen LogP contribution < -0.4 is 5.32 Å². The van der Waals surface area contributed by atoms with Crippen molar-refractivity contribution >= 4 is 23.5 Å². The van der Waals surface area contributed by atoms with Crippen molar-refractivity contribution in [2.24, 2.45) is 0 Å². The van der Waals surface area contributed by atoms with Crippen LogP contribution in [-0.2, 0) is 9.59 Å². The molecule has 1 fully saturated rings. The van der Waals surface area contributed by atoms with E-state index in [1.807, 2.05) is 12.1 Å². The summed E-state index contributed by atoms with van der Waals surface area (Å²) in [5, 5.41) is 36.7. The van der Waals surface area contributed by atoms with E-state index in [2.05, 4.69) is 52.7 Å². The van der Waals surface area contributed by atoms with Gasteiger partial charge in [-0.3, -0.25) is 4.90 Å². The number of hydrogen-bond acceptors (Lipinski definition) is 6. The fourth-order valence-electron chi connectivity index (χ4n) is 3.10. The van der Waals surface area contributed by atoms with Crippen molar-refractivity contribution in [1.82, 2.24) is 10.2 Å². The minimum atomic E-state index is -2.27. The van der Waals surface area contributed by atoms with Crippen LogP contribution in [0.15, 0.2) is 54.6 Å². The zero-order chi connectivity index (χ0) is 22.1. The lowest BCUT2D eigenvalue weighted by Gasteiger charge is -2.35. The number of aliphatic hydroxyl groups is 2. The van der Waals surface area contributed by atoms with Crippen LogP contribution >= 0.6 is 11.6 Å². The van der Waals surface area contributed by atoms with Gasteiger partial charge in [-0.2, -0.15) is 0 Å². The number of carbonyl (C=O) groups is 2. The van der Waals surface area contributed by atoms with Crippen molar-refractivity contribution in [3.05, 3.63) is 70.7 Å². The second-order valence-corrected chi connectivity index (χ2v) is 7.15. The van der Waals surface area contributed by atoms with Gasteiger partial charge in [0.15, 0.2) is 12.2 Å². The highest BCUT2D eigenvalue weighted by atomic mass is 35.5. The summed E-state index contributed by atoms with van der Waals surface area (Å²) in [6.07, 6.45) is -4.53. The smallest absolute Gasteiger partial charge is 0.335 e. The third-order valence-corrected chi connectivity index (χ3v) is 4.87. The Morgan fingerprint density at radius 2 is 1.30 bits per heavy atom. The summed E-state index contributed by atoms with van der Waals surface area (Å²) in [7, 11) is 0. The van der Waals surface area contributed by atoms with Crippen molar-refractivity contribution in [3.8, 4) is 0 Å². The van der Waals surface area contributed by atoms with E-state index in [1.165, 1.54) is 11.1 Å². The van der Waals surface area contributed by atoms with Gasteiger partial charge in [-0.25, -0.2) is 9.59 Å². The standard InChI is InChI=1S/C17H19ClN2.C4H6O6/c18-16-8-6-15(7-9-16)17(14-4-2-1-3-5-14)20-12-10-19-11-13-20;5-1(3(7)8)2(6)4(9)10/h1-9,17,19H,10-13H2;1-2,5-6H,(H,7,8)(H,9,10). The van der Waals surface area contributed by atoms with E-state index in [1.54, 1.807) is 0 Å². The summed E-state index contributed by atoms with van der Waals surface area (Å²) < 4.78 is 0. The fraction of sp³-hybridized carbons (Fsp3) is 0.333. The maximum absolute atomic E-state index is 9.77. The molecule has 3 atom stereocenters. The highest BCUT2D eigenvalue weighted by molar-refractivity contribution is 6.30. The number of hydrogen-bond donors (Lipinski definition) is 5. The number of rotatable bonds is 6. The molecule has 2 aromatic rings. The van der Waals surface area contributed by atoms with Crippen LogP contribution in [0.3, 0.4) is 0 Å². The second kappa shape index (κ2) is 11.6. The van der Waals surface area contributed by atoms with Crippen molar-refractivity contribution < 1.29 is 30.0 Å². The van der Waals surface area contributed by atoms with Gasteiger partial charge in [0.2, 0.25) is 0 Å². The van der Waals surface area contributed by atoms with Gasteiger partial charge < -0.3 is 25.7 Å². The van der Waals surface area contributed by atoms with Gasteiger partial charge in [0.25, 0.3) is 0 Å². The molecular formula is C21H25ClN2O6. The third kappa shape index (κ3) is 6.79. The van der Waals surface area contributed by atoms with E-state index in [9.17, 15) is 9.59 Å². The van der Waals surface area contributed by atoms with Gasteiger partial charge in [-0.05, 0) is 23.3 Å². The number of nitrogens with zero attached hydrogens (tertiary/aromatic N) is 1. The average molecular weight is 437 g/mol. The van der Waals surface area contributed by atoms with E-state index < -0.39 is 24.1 Å². The first-order valence-electron chi connectivity index (χ1n) is 9.38. The summed E-state index contributed by atoms with van der Waals surface area (Å²) in [6, 6.07) is 19.3. The van der Waals surface area contributed by atoms with Gasteiger partial charge in [0.05, 0.1) is 6.04 Å². The monoisotopic (exact) mass is 436 g/mol. The van der Waals surface area contributed by atoms with Gasteiger partial charge >= 0.3 is 11.9 Å². The number of benzene rings is 2. The number of nitrogens with one attached hydrogen (secondary N) is 1.